The highest BCUT2D eigenvalue weighted by atomic mass is 32.2. The summed E-state index contributed by atoms with van der Waals surface area (Å²) in [6.45, 7) is 0.575. The van der Waals surface area contributed by atoms with Gasteiger partial charge in [0.15, 0.2) is 0 Å². The zero-order valence-electron chi connectivity index (χ0n) is 10.8. The number of carbonyl (C=O) groups is 1. The Labute approximate surface area is 117 Å². The Morgan fingerprint density at radius 1 is 1.25 bits per heavy atom. The number of benzene rings is 1. The number of primary amides is 1. The fourth-order valence-corrected chi connectivity index (χ4v) is 3.70. The molecule has 0 bridgehead atoms. The molecule has 1 aliphatic heterocycles. The first kappa shape index (κ1) is 14.5. The SMILES string of the molecule is N#Cc1ccc(S(=O)(=O)N2CCC(C(N)=O)CC2)cc1. The summed E-state index contributed by atoms with van der Waals surface area (Å²) in [6.07, 6.45) is 0.898. The van der Waals surface area contributed by atoms with Crippen LogP contribution in [0.1, 0.15) is 18.4 Å². The number of piperidine rings is 1. The number of nitrogens with two attached hydrogens (primary N) is 1. The molecule has 0 aliphatic carbocycles. The molecular formula is C13H15N3O3S. The molecule has 6 nitrogen and oxygen atoms in total. The standard InChI is InChI=1S/C13H15N3O3S/c14-9-10-1-3-12(4-2-10)20(18,19)16-7-5-11(6-8-16)13(15)17/h1-4,11H,5-8H2,(H2,15,17). The van der Waals surface area contributed by atoms with E-state index in [0.29, 0.717) is 18.4 Å². The average molecular weight is 293 g/mol. The third-order valence-corrected chi connectivity index (χ3v) is 5.39. The number of rotatable bonds is 3. The number of hydrogen-bond acceptors (Lipinski definition) is 4. The van der Waals surface area contributed by atoms with E-state index in [1.54, 1.807) is 0 Å². The summed E-state index contributed by atoms with van der Waals surface area (Å²) in [5.41, 5.74) is 5.64. The van der Waals surface area contributed by atoms with Crippen LogP contribution in [0.3, 0.4) is 0 Å². The van der Waals surface area contributed by atoms with Crippen LogP contribution in [0.2, 0.25) is 0 Å². The Kier molecular flexibility index (Phi) is 4.06. The molecule has 1 aromatic carbocycles. The first-order valence-electron chi connectivity index (χ1n) is 6.25. The van der Waals surface area contributed by atoms with Gasteiger partial charge in [0.1, 0.15) is 0 Å². The fraction of sp³-hybridized carbons (Fsp3) is 0.385. The van der Waals surface area contributed by atoms with Gasteiger partial charge in [0.05, 0.1) is 16.5 Å². The number of sulfonamides is 1. The van der Waals surface area contributed by atoms with Crippen LogP contribution in [0.15, 0.2) is 29.2 Å². The molecule has 106 valence electrons. The highest BCUT2D eigenvalue weighted by Gasteiger charge is 2.31. The minimum Gasteiger partial charge on any atom is -0.369 e. The predicted molar refractivity (Wildman–Crippen MR) is 71.8 cm³/mol. The lowest BCUT2D eigenvalue weighted by Gasteiger charge is -2.29. The van der Waals surface area contributed by atoms with Crippen molar-refractivity contribution in [3.63, 3.8) is 0 Å². The van der Waals surface area contributed by atoms with E-state index in [4.69, 9.17) is 11.0 Å². The number of nitrogens with zero attached hydrogens (tertiary/aromatic N) is 2. The molecule has 0 saturated carbocycles. The minimum absolute atomic E-state index is 0.161. The molecule has 1 amide bonds. The second-order valence-electron chi connectivity index (χ2n) is 4.72. The van der Waals surface area contributed by atoms with Crippen molar-refractivity contribution in [1.29, 1.82) is 5.26 Å². The van der Waals surface area contributed by atoms with E-state index in [2.05, 4.69) is 0 Å². The third kappa shape index (κ3) is 2.81. The van der Waals surface area contributed by atoms with Gasteiger partial charge < -0.3 is 5.73 Å². The zero-order chi connectivity index (χ0) is 14.8. The van der Waals surface area contributed by atoms with Crippen molar-refractivity contribution in [2.75, 3.05) is 13.1 Å². The van der Waals surface area contributed by atoms with Crippen molar-refractivity contribution in [2.24, 2.45) is 11.7 Å². The molecule has 0 radical (unpaired) electrons. The summed E-state index contributed by atoms with van der Waals surface area (Å²) in [4.78, 5) is 11.2. The molecule has 0 aromatic heterocycles. The van der Waals surface area contributed by atoms with E-state index in [9.17, 15) is 13.2 Å². The van der Waals surface area contributed by atoms with Crippen LogP contribution in [0.5, 0.6) is 0 Å². The lowest BCUT2D eigenvalue weighted by molar-refractivity contribution is -0.122. The molecule has 0 atom stereocenters. The maximum Gasteiger partial charge on any atom is 0.243 e. The molecule has 1 fully saturated rings. The van der Waals surface area contributed by atoms with E-state index in [1.807, 2.05) is 6.07 Å². The first-order valence-corrected chi connectivity index (χ1v) is 7.69. The molecule has 1 aromatic rings. The summed E-state index contributed by atoms with van der Waals surface area (Å²) in [5.74, 6) is -0.622. The Balaban J connectivity index is 2.15. The van der Waals surface area contributed by atoms with Gasteiger partial charge in [0.25, 0.3) is 0 Å². The number of carbonyl (C=O) groups excluding carboxylic acids is 1. The predicted octanol–water partition coefficient (Wildman–Crippen LogP) is 0.444. The summed E-state index contributed by atoms with van der Waals surface area (Å²) < 4.78 is 26.1. The van der Waals surface area contributed by atoms with Gasteiger partial charge in [-0.15, -0.1) is 0 Å². The van der Waals surface area contributed by atoms with E-state index < -0.39 is 10.0 Å². The Morgan fingerprint density at radius 2 is 1.80 bits per heavy atom. The largest absolute Gasteiger partial charge is 0.369 e. The van der Waals surface area contributed by atoms with Crippen molar-refractivity contribution in [3.05, 3.63) is 29.8 Å². The van der Waals surface area contributed by atoms with Gasteiger partial charge in [-0.05, 0) is 37.1 Å². The minimum atomic E-state index is -3.56. The van der Waals surface area contributed by atoms with Crippen LogP contribution in [0.4, 0.5) is 0 Å². The van der Waals surface area contributed by atoms with Crippen molar-refractivity contribution >= 4 is 15.9 Å². The number of nitriles is 1. The second-order valence-corrected chi connectivity index (χ2v) is 6.65. The molecule has 1 heterocycles. The molecule has 0 unspecified atom stereocenters. The highest BCUT2D eigenvalue weighted by Crippen LogP contribution is 2.23. The van der Waals surface area contributed by atoms with Gasteiger partial charge in [-0.2, -0.15) is 9.57 Å². The van der Waals surface area contributed by atoms with Crippen LogP contribution in [0.25, 0.3) is 0 Å². The van der Waals surface area contributed by atoms with Gasteiger partial charge in [-0.3, -0.25) is 4.79 Å². The quantitative estimate of drug-likeness (QED) is 0.873. The average Bonchev–Trinajstić information content (AvgIpc) is 2.47. The smallest absolute Gasteiger partial charge is 0.243 e. The lowest BCUT2D eigenvalue weighted by atomic mass is 9.98. The summed E-state index contributed by atoms with van der Waals surface area (Å²) in [5, 5.41) is 8.71. The lowest BCUT2D eigenvalue weighted by Crippen LogP contribution is -2.41. The molecule has 1 aliphatic rings. The highest BCUT2D eigenvalue weighted by molar-refractivity contribution is 7.89. The zero-order valence-corrected chi connectivity index (χ0v) is 11.6. The van der Waals surface area contributed by atoms with E-state index in [1.165, 1.54) is 28.6 Å². The summed E-state index contributed by atoms with van der Waals surface area (Å²) in [7, 11) is -3.56. The van der Waals surface area contributed by atoms with E-state index in [0.717, 1.165) is 0 Å². The van der Waals surface area contributed by atoms with Crippen LogP contribution in [-0.2, 0) is 14.8 Å². The number of hydrogen-bond donors (Lipinski definition) is 1. The summed E-state index contributed by atoms with van der Waals surface area (Å²) >= 11 is 0. The molecule has 20 heavy (non-hydrogen) atoms. The van der Waals surface area contributed by atoms with Gasteiger partial charge in [0, 0.05) is 19.0 Å². The topological polar surface area (TPSA) is 104 Å². The molecular weight excluding hydrogens is 278 g/mol. The first-order chi connectivity index (χ1) is 9.45. The number of amides is 1. The third-order valence-electron chi connectivity index (χ3n) is 3.48. The van der Waals surface area contributed by atoms with Crippen molar-refractivity contribution in [2.45, 2.75) is 17.7 Å². The van der Waals surface area contributed by atoms with Crippen molar-refractivity contribution < 1.29 is 13.2 Å². The maximum atomic E-state index is 12.4. The van der Waals surface area contributed by atoms with Gasteiger partial charge in [0.2, 0.25) is 15.9 Å². The molecule has 0 spiro atoms. The van der Waals surface area contributed by atoms with Crippen LogP contribution < -0.4 is 5.73 Å². The fourth-order valence-electron chi connectivity index (χ4n) is 2.23. The normalized spacial score (nSPS) is 17.6. The van der Waals surface area contributed by atoms with Crippen LogP contribution in [-0.4, -0.2) is 31.7 Å². The molecule has 2 rings (SSSR count). The maximum absolute atomic E-state index is 12.4. The van der Waals surface area contributed by atoms with E-state index in [-0.39, 0.29) is 29.8 Å². The Bertz CT molecular complexity index is 638. The Hall–Kier alpha value is -1.91. The van der Waals surface area contributed by atoms with Crippen molar-refractivity contribution in [1.82, 2.24) is 4.31 Å². The Morgan fingerprint density at radius 3 is 2.25 bits per heavy atom. The van der Waals surface area contributed by atoms with Crippen LogP contribution in [0, 0.1) is 17.2 Å². The summed E-state index contributed by atoms with van der Waals surface area (Å²) in [6, 6.07) is 7.74. The van der Waals surface area contributed by atoms with E-state index >= 15 is 0 Å². The molecule has 1 saturated heterocycles. The van der Waals surface area contributed by atoms with Crippen LogP contribution >= 0.6 is 0 Å². The van der Waals surface area contributed by atoms with Gasteiger partial charge in [-0.1, -0.05) is 0 Å². The second kappa shape index (κ2) is 5.61. The van der Waals surface area contributed by atoms with Gasteiger partial charge >= 0.3 is 0 Å². The van der Waals surface area contributed by atoms with Crippen molar-refractivity contribution in [3.8, 4) is 6.07 Å². The molecule has 2 N–H and O–H groups in total. The monoisotopic (exact) mass is 293 g/mol. The van der Waals surface area contributed by atoms with Gasteiger partial charge in [-0.25, -0.2) is 8.42 Å². The molecule has 7 heteroatoms.